The maximum Gasteiger partial charge on any atom is 0.129 e. The molecule has 0 aromatic carbocycles. The summed E-state index contributed by atoms with van der Waals surface area (Å²) in [5, 5.41) is 2.16. The number of hydrogen-bond acceptors (Lipinski definition) is 4. The maximum atomic E-state index is 5.84. The van der Waals surface area contributed by atoms with Crippen LogP contribution in [-0.4, -0.2) is 12.0 Å². The number of halogens is 1. The van der Waals surface area contributed by atoms with Crippen molar-refractivity contribution in [2.75, 3.05) is 11.9 Å². The van der Waals surface area contributed by atoms with Crippen molar-refractivity contribution in [3.05, 3.63) is 44.2 Å². The highest BCUT2D eigenvalue weighted by Crippen LogP contribution is 2.26. The van der Waals surface area contributed by atoms with E-state index in [2.05, 4.69) is 72.2 Å². The molecule has 0 saturated carbocycles. The van der Waals surface area contributed by atoms with Crippen LogP contribution in [-0.2, 0) is 18.5 Å². The van der Waals surface area contributed by atoms with Crippen molar-refractivity contribution < 1.29 is 0 Å². The molecule has 0 aliphatic carbocycles. The predicted octanol–water partition coefficient (Wildman–Crippen LogP) is 4.30. The summed E-state index contributed by atoms with van der Waals surface area (Å²) in [6.45, 7) is 7.91. The summed E-state index contributed by atoms with van der Waals surface area (Å²) in [5.41, 5.74) is 9.35. The van der Waals surface area contributed by atoms with Gasteiger partial charge in [-0.25, -0.2) is 4.98 Å². The van der Waals surface area contributed by atoms with Crippen LogP contribution >= 0.6 is 27.3 Å². The number of thiophene rings is 1. The van der Waals surface area contributed by atoms with Crippen molar-refractivity contribution in [2.45, 2.75) is 39.3 Å². The average molecular weight is 368 g/mol. The van der Waals surface area contributed by atoms with E-state index in [1.807, 2.05) is 0 Å². The van der Waals surface area contributed by atoms with E-state index in [-0.39, 0.29) is 5.41 Å². The number of rotatable bonds is 4. The minimum atomic E-state index is 0.0200. The highest BCUT2D eigenvalue weighted by Gasteiger charge is 2.18. The number of anilines is 1. The smallest absolute Gasteiger partial charge is 0.129 e. The van der Waals surface area contributed by atoms with Crippen LogP contribution in [0, 0.1) is 0 Å². The molecule has 2 aromatic rings. The summed E-state index contributed by atoms with van der Waals surface area (Å²) >= 11 is 5.21. The molecule has 0 spiro atoms. The minimum absolute atomic E-state index is 0.0200. The van der Waals surface area contributed by atoms with E-state index in [9.17, 15) is 0 Å². The Labute approximate surface area is 139 Å². The van der Waals surface area contributed by atoms with E-state index in [1.165, 1.54) is 5.56 Å². The Morgan fingerprint density at radius 3 is 2.48 bits per heavy atom. The van der Waals surface area contributed by atoms with Crippen molar-refractivity contribution in [3.8, 4) is 0 Å². The lowest BCUT2D eigenvalue weighted by atomic mass is 9.90. The summed E-state index contributed by atoms with van der Waals surface area (Å²) in [4.78, 5) is 6.99. The summed E-state index contributed by atoms with van der Waals surface area (Å²) in [6, 6.07) is 6.34. The Kier molecular flexibility index (Phi) is 5.07. The zero-order valence-corrected chi connectivity index (χ0v) is 15.4. The molecule has 0 radical (unpaired) electrons. The van der Waals surface area contributed by atoms with Gasteiger partial charge in [0.05, 0.1) is 3.79 Å². The molecule has 2 aromatic heterocycles. The molecule has 0 aliphatic heterocycles. The lowest BCUT2D eigenvalue weighted by molar-refractivity contribution is 0.567. The van der Waals surface area contributed by atoms with E-state index >= 15 is 0 Å². The van der Waals surface area contributed by atoms with Crippen molar-refractivity contribution in [3.63, 3.8) is 0 Å². The van der Waals surface area contributed by atoms with Crippen LogP contribution in [0.2, 0.25) is 0 Å². The first-order chi connectivity index (χ1) is 9.79. The molecule has 2 heterocycles. The number of nitrogens with two attached hydrogens (primary N) is 1. The maximum absolute atomic E-state index is 5.84. The van der Waals surface area contributed by atoms with Crippen LogP contribution in [0.1, 0.15) is 37.6 Å². The standard InChI is InChI=1S/C16H22BrN3S/c1-16(2,3)13-5-11(8-18)7-15(19-13)20(4)9-12-6-14(17)21-10-12/h5-7,10H,8-9,18H2,1-4H3. The van der Waals surface area contributed by atoms with Gasteiger partial charge in [0.2, 0.25) is 0 Å². The van der Waals surface area contributed by atoms with E-state index in [0.29, 0.717) is 6.54 Å². The average Bonchev–Trinajstić information content (AvgIpc) is 2.82. The number of nitrogens with zero attached hydrogens (tertiary/aromatic N) is 2. The van der Waals surface area contributed by atoms with Gasteiger partial charge in [0.1, 0.15) is 5.82 Å². The number of hydrogen-bond donors (Lipinski definition) is 1. The van der Waals surface area contributed by atoms with Crippen molar-refractivity contribution >= 4 is 33.1 Å². The van der Waals surface area contributed by atoms with Gasteiger partial charge in [-0.2, -0.15) is 0 Å². The monoisotopic (exact) mass is 367 g/mol. The molecule has 2 N–H and O–H groups in total. The molecule has 0 atom stereocenters. The summed E-state index contributed by atoms with van der Waals surface area (Å²) in [6.07, 6.45) is 0. The molecule has 5 heteroatoms. The van der Waals surface area contributed by atoms with Crippen LogP contribution in [0.4, 0.5) is 5.82 Å². The zero-order valence-electron chi connectivity index (χ0n) is 13.0. The van der Waals surface area contributed by atoms with Gasteiger partial charge in [-0.15, -0.1) is 11.3 Å². The number of pyridine rings is 1. The Bertz CT molecular complexity index is 616. The van der Waals surface area contributed by atoms with Gasteiger partial charge in [0.15, 0.2) is 0 Å². The first-order valence-corrected chi connectivity index (χ1v) is 8.62. The predicted molar refractivity (Wildman–Crippen MR) is 95.0 cm³/mol. The molecule has 0 saturated heterocycles. The molecular weight excluding hydrogens is 346 g/mol. The highest BCUT2D eigenvalue weighted by molar-refractivity contribution is 9.11. The second-order valence-electron chi connectivity index (χ2n) is 6.29. The fraction of sp³-hybridized carbons (Fsp3) is 0.438. The first kappa shape index (κ1) is 16.5. The second kappa shape index (κ2) is 6.46. The summed E-state index contributed by atoms with van der Waals surface area (Å²) in [7, 11) is 2.07. The van der Waals surface area contributed by atoms with Crippen LogP contribution in [0.5, 0.6) is 0 Å². The largest absolute Gasteiger partial charge is 0.355 e. The Morgan fingerprint density at radius 2 is 1.95 bits per heavy atom. The van der Waals surface area contributed by atoms with E-state index in [1.54, 1.807) is 11.3 Å². The molecular formula is C16H22BrN3S. The second-order valence-corrected chi connectivity index (χ2v) is 8.58. The Balaban J connectivity index is 2.29. The fourth-order valence-electron chi connectivity index (χ4n) is 2.05. The van der Waals surface area contributed by atoms with Crippen molar-refractivity contribution in [1.82, 2.24) is 4.98 Å². The fourth-order valence-corrected chi connectivity index (χ4v) is 3.25. The third-order valence-corrected chi connectivity index (χ3v) is 4.86. The molecule has 114 valence electrons. The van der Waals surface area contributed by atoms with Crippen LogP contribution in [0.15, 0.2) is 27.4 Å². The molecule has 3 nitrogen and oxygen atoms in total. The lowest BCUT2D eigenvalue weighted by Gasteiger charge is -2.24. The van der Waals surface area contributed by atoms with Crippen molar-refractivity contribution in [2.24, 2.45) is 5.73 Å². The van der Waals surface area contributed by atoms with Crippen LogP contribution in [0.25, 0.3) is 0 Å². The zero-order chi connectivity index (χ0) is 15.6. The van der Waals surface area contributed by atoms with Gasteiger partial charge in [0.25, 0.3) is 0 Å². The molecule has 0 unspecified atom stereocenters. The van der Waals surface area contributed by atoms with E-state index in [0.717, 1.165) is 27.4 Å². The third-order valence-electron chi connectivity index (χ3n) is 3.31. The third kappa shape index (κ3) is 4.28. The first-order valence-electron chi connectivity index (χ1n) is 6.95. The van der Waals surface area contributed by atoms with Gasteiger partial charge < -0.3 is 10.6 Å². The summed E-state index contributed by atoms with van der Waals surface area (Å²) < 4.78 is 1.16. The molecule has 2 rings (SSSR count). The van der Waals surface area contributed by atoms with Gasteiger partial charge in [-0.05, 0) is 50.6 Å². The van der Waals surface area contributed by atoms with Crippen LogP contribution in [0.3, 0.4) is 0 Å². The Hall–Kier alpha value is -0.910. The highest BCUT2D eigenvalue weighted by atomic mass is 79.9. The van der Waals surface area contributed by atoms with Gasteiger partial charge in [-0.1, -0.05) is 20.8 Å². The van der Waals surface area contributed by atoms with Gasteiger partial charge >= 0.3 is 0 Å². The quantitative estimate of drug-likeness (QED) is 0.875. The van der Waals surface area contributed by atoms with Gasteiger partial charge in [-0.3, -0.25) is 0 Å². The molecule has 0 fully saturated rings. The topological polar surface area (TPSA) is 42.1 Å². The van der Waals surface area contributed by atoms with Crippen LogP contribution < -0.4 is 10.6 Å². The van der Waals surface area contributed by atoms with E-state index < -0.39 is 0 Å². The SMILES string of the molecule is CN(Cc1csc(Br)c1)c1cc(CN)cc(C(C)(C)C)n1. The molecule has 0 aliphatic rings. The number of aromatic nitrogens is 1. The van der Waals surface area contributed by atoms with Gasteiger partial charge in [0, 0.05) is 31.2 Å². The van der Waals surface area contributed by atoms with Crippen molar-refractivity contribution in [1.29, 1.82) is 0 Å². The Morgan fingerprint density at radius 1 is 1.24 bits per heavy atom. The normalized spacial score (nSPS) is 11.7. The molecule has 0 bridgehead atoms. The molecule has 21 heavy (non-hydrogen) atoms. The molecule has 0 amide bonds. The summed E-state index contributed by atoms with van der Waals surface area (Å²) in [5.74, 6) is 0.977. The minimum Gasteiger partial charge on any atom is -0.355 e. The lowest BCUT2D eigenvalue weighted by Crippen LogP contribution is -2.21. The van der Waals surface area contributed by atoms with E-state index in [4.69, 9.17) is 10.7 Å².